The molecule has 0 aromatic heterocycles. The Morgan fingerprint density at radius 1 is 1.00 bits per heavy atom. The van der Waals surface area contributed by atoms with E-state index in [1.807, 2.05) is 6.07 Å². The highest BCUT2D eigenvalue weighted by Gasteiger charge is 2.17. The Morgan fingerprint density at radius 3 is 2.18 bits per heavy atom. The lowest BCUT2D eigenvalue weighted by molar-refractivity contribution is 0.256. The van der Waals surface area contributed by atoms with Crippen LogP contribution in [0.15, 0.2) is 54.6 Å². The summed E-state index contributed by atoms with van der Waals surface area (Å²) in [7, 11) is 0. The summed E-state index contributed by atoms with van der Waals surface area (Å²) in [5.74, 6) is 0.00940. The third-order valence-electron chi connectivity index (χ3n) is 2.36. The van der Waals surface area contributed by atoms with Crippen LogP contribution in [0.3, 0.4) is 0 Å². The molecule has 0 radical (unpaired) electrons. The van der Waals surface area contributed by atoms with E-state index in [0.717, 1.165) is 0 Å². The van der Waals surface area contributed by atoms with Crippen molar-refractivity contribution < 1.29 is 9.90 Å². The summed E-state index contributed by atoms with van der Waals surface area (Å²) in [6, 6.07) is 14.8. The molecule has 0 saturated heterocycles. The van der Waals surface area contributed by atoms with Crippen LogP contribution in [0, 0.1) is 0 Å². The predicted octanol–water partition coefficient (Wildman–Crippen LogP) is 2.61. The lowest BCUT2D eigenvalue weighted by Crippen LogP contribution is -2.31. The van der Waals surface area contributed by atoms with Crippen molar-refractivity contribution >= 4 is 17.4 Å². The fourth-order valence-corrected chi connectivity index (χ4v) is 1.62. The van der Waals surface area contributed by atoms with Crippen molar-refractivity contribution in [3.05, 3.63) is 54.6 Å². The third-order valence-corrected chi connectivity index (χ3v) is 2.36. The number of rotatable bonds is 2. The molecular formula is C13H12N2O2. The summed E-state index contributed by atoms with van der Waals surface area (Å²) >= 11 is 0. The van der Waals surface area contributed by atoms with Crippen molar-refractivity contribution in [3.8, 4) is 5.75 Å². The minimum atomic E-state index is -0.641. The molecule has 0 saturated carbocycles. The highest BCUT2D eigenvalue weighted by Crippen LogP contribution is 2.32. The van der Waals surface area contributed by atoms with Crippen LogP contribution in [0.5, 0.6) is 5.75 Å². The highest BCUT2D eigenvalue weighted by molar-refractivity contribution is 5.99. The number of anilines is 2. The lowest BCUT2D eigenvalue weighted by Gasteiger charge is -2.21. The van der Waals surface area contributed by atoms with Gasteiger partial charge >= 0.3 is 6.03 Å². The number of amides is 2. The van der Waals surface area contributed by atoms with E-state index in [1.54, 1.807) is 42.5 Å². The molecule has 0 spiro atoms. The summed E-state index contributed by atoms with van der Waals surface area (Å²) < 4.78 is 0. The normalized spacial score (nSPS) is 9.88. The lowest BCUT2D eigenvalue weighted by atomic mass is 10.2. The van der Waals surface area contributed by atoms with Gasteiger partial charge in [0.05, 0.1) is 11.4 Å². The standard InChI is InChI=1S/C13H12N2O2/c14-13(17)15(10-6-2-1-3-7-10)11-8-4-5-9-12(11)16/h1-9,16H,(H2,14,17). The quantitative estimate of drug-likeness (QED) is 0.829. The first-order valence-electron chi connectivity index (χ1n) is 5.13. The molecule has 0 fully saturated rings. The number of urea groups is 1. The topological polar surface area (TPSA) is 66.6 Å². The van der Waals surface area contributed by atoms with E-state index < -0.39 is 6.03 Å². The van der Waals surface area contributed by atoms with Gasteiger partial charge in [0.2, 0.25) is 0 Å². The molecule has 0 aliphatic rings. The second kappa shape index (κ2) is 4.57. The zero-order valence-corrected chi connectivity index (χ0v) is 9.08. The first-order chi connectivity index (χ1) is 8.20. The number of phenols is 1. The van der Waals surface area contributed by atoms with Crippen LogP contribution in [0.4, 0.5) is 16.2 Å². The Morgan fingerprint density at radius 2 is 1.59 bits per heavy atom. The van der Waals surface area contributed by atoms with E-state index in [1.165, 1.54) is 11.0 Å². The van der Waals surface area contributed by atoms with E-state index in [9.17, 15) is 9.90 Å². The molecule has 2 amide bonds. The molecule has 0 heterocycles. The van der Waals surface area contributed by atoms with E-state index >= 15 is 0 Å². The van der Waals surface area contributed by atoms with Crippen LogP contribution >= 0.6 is 0 Å². The van der Waals surface area contributed by atoms with Crippen LogP contribution in [0.25, 0.3) is 0 Å². The van der Waals surface area contributed by atoms with Crippen molar-refractivity contribution in [2.45, 2.75) is 0 Å². The average molecular weight is 228 g/mol. The fourth-order valence-electron chi connectivity index (χ4n) is 1.62. The molecule has 2 aromatic rings. The third kappa shape index (κ3) is 2.20. The maximum atomic E-state index is 11.5. The van der Waals surface area contributed by atoms with Crippen molar-refractivity contribution in [1.82, 2.24) is 0 Å². The molecule has 3 N–H and O–H groups in total. The first-order valence-corrected chi connectivity index (χ1v) is 5.13. The number of aromatic hydroxyl groups is 1. The van der Waals surface area contributed by atoms with Gasteiger partial charge in [0.1, 0.15) is 5.75 Å². The largest absolute Gasteiger partial charge is 0.506 e. The number of hydrogen-bond donors (Lipinski definition) is 2. The molecule has 0 aliphatic heterocycles. The molecule has 17 heavy (non-hydrogen) atoms. The monoisotopic (exact) mass is 228 g/mol. The van der Waals surface area contributed by atoms with Gasteiger partial charge in [0.25, 0.3) is 0 Å². The molecule has 2 rings (SSSR count). The molecule has 0 atom stereocenters. The molecule has 0 aliphatic carbocycles. The van der Waals surface area contributed by atoms with E-state index in [2.05, 4.69) is 0 Å². The van der Waals surface area contributed by atoms with Crippen molar-refractivity contribution in [1.29, 1.82) is 0 Å². The Labute approximate surface area is 98.9 Å². The Balaban J connectivity index is 2.51. The minimum Gasteiger partial charge on any atom is -0.506 e. The Kier molecular flexibility index (Phi) is 2.96. The van der Waals surface area contributed by atoms with Crippen molar-refractivity contribution in [2.24, 2.45) is 5.73 Å². The summed E-state index contributed by atoms with van der Waals surface area (Å²) in [4.78, 5) is 12.7. The van der Waals surface area contributed by atoms with Gasteiger partial charge in [-0.05, 0) is 24.3 Å². The summed E-state index contributed by atoms with van der Waals surface area (Å²) in [5.41, 5.74) is 6.32. The fraction of sp³-hybridized carbons (Fsp3) is 0. The molecule has 2 aromatic carbocycles. The zero-order valence-electron chi connectivity index (χ0n) is 9.08. The number of carbonyl (C=O) groups excluding carboxylic acids is 1. The number of primary amides is 1. The number of nitrogens with two attached hydrogens (primary N) is 1. The number of para-hydroxylation sites is 3. The van der Waals surface area contributed by atoms with Crippen LogP contribution < -0.4 is 10.6 Å². The molecule has 86 valence electrons. The minimum absolute atomic E-state index is 0.00940. The van der Waals surface area contributed by atoms with Gasteiger partial charge in [-0.25, -0.2) is 4.79 Å². The molecule has 4 nitrogen and oxygen atoms in total. The Hall–Kier alpha value is -2.49. The highest BCUT2D eigenvalue weighted by atomic mass is 16.3. The van der Waals surface area contributed by atoms with Crippen LogP contribution in [0.1, 0.15) is 0 Å². The van der Waals surface area contributed by atoms with Gasteiger partial charge in [0, 0.05) is 0 Å². The zero-order chi connectivity index (χ0) is 12.3. The number of hydrogen-bond acceptors (Lipinski definition) is 2. The van der Waals surface area contributed by atoms with Crippen molar-refractivity contribution in [3.63, 3.8) is 0 Å². The number of phenolic OH excluding ortho intramolecular Hbond substituents is 1. The van der Waals surface area contributed by atoms with E-state index in [4.69, 9.17) is 5.73 Å². The van der Waals surface area contributed by atoms with Gasteiger partial charge in [0.15, 0.2) is 0 Å². The Bertz CT molecular complexity index is 526. The van der Waals surface area contributed by atoms with Gasteiger partial charge in [-0.15, -0.1) is 0 Å². The maximum absolute atomic E-state index is 11.5. The van der Waals surface area contributed by atoms with Gasteiger partial charge in [-0.1, -0.05) is 30.3 Å². The number of carbonyl (C=O) groups is 1. The van der Waals surface area contributed by atoms with E-state index in [0.29, 0.717) is 11.4 Å². The van der Waals surface area contributed by atoms with Crippen LogP contribution in [0.2, 0.25) is 0 Å². The summed E-state index contributed by atoms with van der Waals surface area (Å²) in [5, 5.41) is 9.74. The second-order valence-corrected chi connectivity index (χ2v) is 3.50. The molecule has 4 heteroatoms. The first kappa shape index (κ1) is 11.0. The second-order valence-electron chi connectivity index (χ2n) is 3.50. The number of benzene rings is 2. The van der Waals surface area contributed by atoms with Crippen LogP contribution in [-0.4, -0.2) is 11.1 Å². The SMILES string of the molecule is NC(=O)N(c1ccccc1)c1ccccc1O. The van der Waals surface area contributed by atoms with Crippen molar-refractivity contribution in [2.75, 3.05) is 4.90 Å². The molecular weight excluding hydrogens is 216 g/mol. The predicted molar refractivity (Wildman–Crippen MR) is 66.3 cm³/mol. The van der Waals surface area contributed by atoms with Gasteiger partial charge in [-0.3, -0.25) is 4.90 Å². The summed E-state index contributed by atoms with van der Waals surface area (Å²) in [6.45, 7) is 0. The van der Waals surface area contributed by atoms with E-state index in [-0.39, 0.29) is 5.75 Å². The molecule has 0 unspecified atom stereocenters. The van der Waals surface area contributed by atoms with Gasteiger partial charge in [-0.2, -0.15) is 0 Å². The summed E-state index contributed by atoms with van der Waals surface area (Å²) in [6.07, 6.45) is 0. The smallest absolute Gasteiger partial charge is 0.324 e. The van der Waals surface area contributed by atoms with Crippen LogP contribution in [-0.2, 0) is 0 Å². The maximum Gasteiger partial charge on any atom is 0.324 e. The average Bonchev–Trinajstić information content (AvgIpc) is 2.33. The number of nitrogens with zero attached hydrogens (tertiary/aromatic N) is 1. The van der Waals surface area contributed by atoms with Gasteiger partial charge < -0.3 is 10.8 Å². The molecule has 0 bridgehead atoms.